The van der Waals surface area contributed by atoms with Crippen molar-refractivity contribution >= 4 is 0 Å². The quantitative estimate of drug-likeness (QED) is 0.700. The lowest BCUT2D eigenvalue weighted by molar-refractivity contribution is 0.194. The fourth-order valence-electron chi connectivity index (χ4n) is 1.66. The van der Waals surface area contributed by atoms with Crippen molar-refractivity contribution in [1.29, 1.82) is 0 Å². The summed E-state index contributed by atoms with van der Waals surface area (Å²) in [7, 11) is 0. The molecule has 84 valence electrons. The van der Waals surface area contributed by atoms with Gasteiger partial charge < -0.3 is 15.3 Å². The van der Waals surface area contributed by atoms with Gasteiger partial charge in [0.15, 0.2) is 0 Å². The molecule has 0 aliphatic rings. The van der Waals surface area contributed by atoms with E-state index in [4.69, 9.17) is 0 Å². The third kappa shape index (κ3) is 4.32. The number of hydrogen-bond acceptors (Lipinski definition) is 3. The second kappa shape index (κ2) is 5.14. The van der Waals surface area contributed by atoms with Gasteiger partial charge in [0.1, 0.15) is 5.75 Å². The Kier molecular flexibility index (Phi) is 4.12. The highest BCUT2D eigenvalue weighted by molar-refractivity contribution is 5.34. The van der Waals surface area contributed by atoms with Crippen molar-refractivity contribution in [3.8, 4) is 5.75 Å². The van der Waals surface area contributed by atoms with E-state index in [9.17, 15) is 15.3 Å². The van der Waals surface area contributed by atoms with E-state index < -0.39 is 12.2 Å². The standard InChI is InChI=1S/C12H18O3/c1-8(13)3-10-5-11(4-9(2)14)7-12(15)6-10/h5-9,13-15H,3-4H2,1-2H3. The Bertz CT molecular complexity index is 290. The van der Waals surface area contributed by atoms with E-state index in [1.165, 1.54) is 0 Å². The average Bonchev–Trinajstić information content (AvgIpc) is 1.98. The highest BCUT2D eigenvalue weighted by Gasteiger charge is 2.05. The van der Waals surface area contributed by atoms with E-state index in [1.54, 1.807) is 26.0 Å². The van der Waals surface area contributed by atoms with E-state index >= 15 is 0 Å². The molecule has 0 aliphatic carbocycles. The van der Waals surface area contributed by atoms with Crippen molar-refractivity contribution in [2.24, 2.45) is 0 Å². The lowest BCUT2D eigenvalue weighted by Gasteiger charge is -2.09. The minimum atomic E-state index is -0.425. The van der Waals surface area contributed by atoms with Gasteiger partial charge in [-0.3, -0.25) is 0 Å². The van der Waals surface area contributed by atoms with Crippen LogP contribution in [-0.4, -0.2) is 27.5 Å². The third-order valence-corrected chi connectivity index (χ3v) is 2.10. The Morgan fingerprint density at radius 1 is 0.933 bits per heavy atom. The summed E-state index contributed by atoms with van der Waals surface area (Å²) in [5, 5.41) is 27.9. The van der Waals surface area contributed by atoms with Crippen molar-refractivity contribution in [2.75, 3.05) is 0 Å². The van der Waals surface area contributed by atoms with E-state index in [2.05, 4.69) is 0 Å². The summed E-state index contributed by atoms with van der Waals surface area (Å²) in [6.07, 6.45) is 0.181. The van der Waals surface area contributed by atoms with Crippen LogP contribution >= 0.6 is 0 Å². The average molecular weight is 210 g/mol. The fourth-order valence-corrected chi connectivity index (χ4v) is 1.66. The highest BCUT2D eigenvalue weighted by Crippen LogP contribution is 2.18. The van der Waals surface area contributed by atoms with Crippen LogP contribution in [0.25, 0.3) is 0 Å². The molecule has 0 radical (unpaired) electrons. The van der Waals surface area contributed by atoms with E-state index in [-0.39, 0.29) is 5.75 Å². The molecule has 0 saturated carbocycles. The first-order valence-corrected chi connectivity index (χ1v) is 5.15. The van der Waals surface area contributed by atoms with Crippen molar-refractivity contribution in [3.05, 3.63) is 29.3 Å². The maximum Gasteiger partial charge on any atom is 0.116 e. The zero-order valence-electron chi connectivity index (χ0n) is 9.14. The molecular formula is C12H18O3. The number of phenols is 1. The molecule has 3 nitrogen and oxygen atoms in total. The lowest BCUT2D eigenvalue weighted by Crippen LogP contribution is -2.07. The van der Waals surface area contributed by atoms with Gasteiger partial charge in [0, 0.05) is 0 Å². The molecule has 0 heterocycles. The second-order valence-electron chi connectivity index (χ2n) is 4.11. The molecule has 3 heteroatoms. The van der Waals surface area contributed by atoms with Gasteiger partial charge in [-0.25, -0.2) is 0 Å². The van der Waals surface area contributed by atoms with Crippen molar-refractivity contribution in [3.63, 3.8) is 0 Å². The van der Waals surface area contributed by atoms with Gasteiger partial charge in [0.05, 0.1) is 12.2 Å². The predicted molar refractivity (Wildman–Crippen MR) is 58.9 cm³/mol. The molecule has 1 aromatic carbocycles. The van der Waals surface area contributed by atoms with Crippen molar-refractivity contribution in [2.45, 2.75) is 38.9 Å². The van der Waals surface area contributed by atoms with Crippen LogP contribution in [0.5, 0.6) is 5.75 Å². The molecular weight excluding hydrogens is 192 g/mol. The molecule has 0 fully saturated rings. The molecule has 3 N–H and O–H groups in total. The summed E-state index contributed by atoms with van der Waals surface area (Å²) in [4.78, 5) is 0. The zero-order chi connectivity index (χ0) is 11.4. The molecule has 1 aromatic rings. The van der Waals surface area contributed by atoms with Gasteiger partial charge in [0.25, 0.3) is 0 Å². The van der Waals surface area contributed by atoms with Crippen LogP contribution in [0.2, 0.25) is 0 Å². The maximum atomic E-state index is 9.46. The van der Waals surface area contributed by atoms with E-state index in [0.29, 0.717) is 12.8 Å². The van der Waals surface area contributed by atoms with E-state index in [0.717, 1.165) is 11.1 Å². The molecule has 0 amide bonds. The Morgan fingerprint density at radius 2 is 1.33 bits per heavy atom. The minimum absolute atomic E-state index is 0.184. The van der Waals surface area contributed by atoms with Gasteiger partial charge >= 0.3 is 0 Å². The van der Waals surface area contributed by atoms with Crippen LogP contribution in [0.4, 0.5) is 0 Å². The van der Waals surface area contributed by atoms with Gasteiger partial charge in [-0.2, -0.15) is 0 Å². The normalized spacial score (nSPS) is 14.9. The first-order chi connectivity index (χ1) is 6.97. The number of hydrogen-bond donors (Lipinski definition) is 3. The Labute approximate surface area is 90.0 Å². The SMILES string of the molecule is CC(O)Cc1cc(O)cc(CC(C)O)c1. The largest absolute Gasteiger partial charge is 0.508 e. The van der Waals surface area contributed by atoms with Crippen LogP contribution in [0.3, 0.4) is 0 Å². The van der Waals surface area contributed by atoms with Crippen LogP contribution in [-0.2, 0) is 12.8 Å². The summed E-state index contributed by atoms with van der Waals surface area (Å²) in [5.74, 6) is 0.184. The Hall–Kier alpha value is -1.06. The molecule has 2 atom stereocenters. The lowest BCUT2D eigenvalue weighted by atomic mass is 10.0. The predicted octanol–water partition coefficient (Wildman–Crippen LogP) is 1.24. The monoisotopic (exact) mass is 210 g/mol. The zero-order valence-corrected chi connectivity index (χ0v) is 9.14. The maximum absolute atomic E-state index is 9.46. The summed E-state index contributed by atoms with van der Waals surface area (Å²) < 4.78 is 0. The molecule has 1 rings (SSSR count). The number of rotatable bonds is 4. The topological polar surface area (TPSA) is 60.7 Å². The molecule has 0 saturated heterocycles. The molecule has 0 aliphatic heterocycles. The number of benzene rings is 1. The van der Waals surface area contributed by atoms with Crippen LogP contribution in [0, 0.1) is 0 Å². The van der Waals surface area contributed by atoms with Crippen LogP contribution < -0.4 is 0 Å². The number of aliphatic hydroxyl groups is 2. The Morgan fingerprint density at radius 3 is 1.67 bits per heavy atom. The van der Waals surface area contributed by atoms with E-state index in [1.807, 2.05) is 6.07 Å². The fraction of sp³-hybridized carbons (Fsp3) is 0.500. The van der Waals surface area contributed by atoms with Crippen LogP contribution in [0.1, 0.15) is 25.0 Å². The molecule has 15 heavy (non-hydrogen) atoms. The summed E-state index contributed by atoms with van der Waals surface area (Å²) in [5.41, 5.74) is 1.78. The summed E-state index contributed by atoms with van der Waals surface area (Å²) >= 11 is 0. The van der Waals surface area contributed by atoms with Gasteiger partial charge in [-0.05, 0) is 49.9 Å². The van der Waals surface area contributed by atoms with Crippen LogP contribution in [0.15, 0.2) is 18.2 Å². The molecule has 0 bridgehead atoms. The Balaban J connectivity index is 2.84. The van der Waals surface area contributed by atoms with Crippen molar-refractivity contribution in [1.82, 2.24) is 0 Å². The minimum Gasteiger partial charge on any atom is -0.508 e. The smallest absolute Gasteiger partial charge is 0.116 e. The van der Waals surface area contributed by atoms with Crippen molar-refractivity contribution < 1.29 is 15.3 Å². The number of aromatic hydroxyl groups is 1. The van der Waals surface area contributed by atoms with Gasteiger partial charge in [0.2, 0.25) is 0 Å². The summed E-state index contributed by atoms with van der Waals surface area (Å²) in [6.45, 7) is 3.41. The first kappa shape index (κ1) is 12.0. The van der Waals surface area contributed by atoms with Gasteiger partial charge in [-0.15, -0.1) is 0 Å². The third-order valence-electron chi connectivity index (χ3n) is 2.10. The highest BCUT2D eigenvalue weighted by atomic mass is 16.3. The first-order valence-electron chi connectivity index (χ1n) is 5.15. The molecule has 0 spiro atoms. The van der Waals surface area contributed by atoms with Gasteiger partial charge in [-0.1, -0.05) is 6.07 Å². The summed E-state index contributed by atoms with van der Waals surface area (Å²) in [6, 6.07) is 5.18. The number of phenolic OH excluding ortho intramolecular Hbond substituents is 1. The number of aliphatic hydroxyl groups excluding tert-OH is 2. The molecule has 2 unspecified atom stereocenters. The second-order valence-corrected chi connectivity index (χ2v) is 4.11. The molecule has 0 aromatic heterocycles.